The number of rotatable bonds is 9. The Kier molecular flexibility index (Phi) is 7.18. The molecule has 5 heteroatoms. The Morgan fingerprint density at radius 1 is 1.42 bits per heavy atom. The van der Waals surface area contributed by atoms with E-state index in [4.69, 9.17) is 4.74 Å². The topological polar surface area (TPSA) is 56.1 Å². The molecule has 0 aliphatic heterocycles. The first-order valence-electron chi connectivity index (χ1n) is 7.06. The molecule has 0 fully saturated rings. The maximum Gasteiger partial charge on any atom is 0.293 e. The van der Waals surface area contributed by atoms with Crippen molar-refractivity contribution in [2.75, 3.05) is 18.5 Å². The fourth-order valence-electron chi connectivity index (χ4n) is 1.74. The normalized spacial score (nSPS) is 10.9. The molecule has 0 amide bonds. The molecule has 0 aromatic carbocycles. The molecule has 0 saturated carbocycles. The second-order valence-electron chi connectivity index (χ2n) is 4.83. The summed E-state index contributed by atoms with van der Waals surface area (Å²) in [6, 6.07) is 0. The van der Waals surface area contributed by atoms with Gasteiger partial charge in [0.2, 0.25) is 0 Å². The van der Waals surface area contributed by atoms with Gasteiger partial charge in [-0.25, -0.2) is 4.98 Å². The zero-order chi connectivity index (χ0) is 14.1. The summed E-state index contributed by atoms with van der Waals surface area (Å²) in [6.45, 7) is 8.36. The van der Waals surface area contributed by atoms with E-state index in [9.17, 15) is 4.79 Å². The van der Waals surface area contributed by atoms with Gasteiger partial charge in [0.1, 0.15) is 0 Å². The summed E-state index contributed by atoms with van der Waals surface area (Å²) in [4.78, 5) is 16.1. The second-order valence-corrected chi connectivity index (χ2v) is 4.83. The summed E-state index contributed by atoms with van der Waals surface area (Å²) in [6.07, 6.45) is 6.58. The van der Waals surface area contributed by atoms with Crippen molar-refractivity contribution in [2.45, 2.75) is 52.7 Å². The van der Waals surface area contributed by atoms with E-state index in [1.165, 1.54) is 0 Å². The monoisotopic (exact) mass is 267 g/mol. The van der Waals surface area contributed by atoms with Crippen LogP contribution < -0.4 is 10.9 Å². The maximum absolute atomic E-state index is 12.0. The number of nitrogens with one attached hydrogen (secondary N) is 1. The maximum atomic E-state index is 12.0. The second kappa shape index (κ2) is 8.69. The van der Waals surface area contributed by atoms with Gasteiger partial charge in [0, 0.05) is 32.1 Å². The quantitative estimate of drug-likeness (QED) is 0.697. The molecule has 1 heterocycles. The first-order valence-corrected chi connectivity index (χ1v) is 7.06. The standard InChI is InChI=1S/C14H25N3O2/c1-4-9-17-10-8-16-13(14(17)18)15-7-5-6-11-19-12(2)3/h8,10,12H,4-7,9,11H2,1-3H3,(H,15,16). The number of nitrogens with zero attached hydrogens (tertiary/aromatic N) is 2. The molecule has 0 aliphatic rings. The molecule has 5 nitrogen and oxygen atoms in total. The van der Waals surface area contributed by atoms with Crippen molar-refractivity contribution in [1.29, 1.82) is 0 Å². The van der Waals surface area contributed by atoms with Gasteiger partial charge in [0.15, 0.2) is 5.82 Å². The lowest BCUT2D eigenvalue weighted by molar-refractivity contribution is 0.0765. The molecule has 0 radical (unpaired) electrons. The Balaban J connectivity index is 2.33. The third kappa shape index (κ3) is 5.87. The lowest BCUT2D eigenvalue weighted by atomic mass is 10.3. The van der Waals surface area contributed by atoms with E-state index >= 15 is 0 Å². The van der Waals surface area contributed by atoms with Gasteiger partial charge < -0.3 is 14.6 Å². The van der Waals surface area contributed by atoms with E-state index in [-0.39, 0.29) is 11.7 Å². The number of anilines is 1. The van der Waals surface area contributed by atoms with Crippen LogP contribution in [0.15, 0.2) is 17.2 Å². The van der Waals surface area contributed by atoms with Crippen LogP contribution in [-0.2, 0) is 11.3 Å². The SMILES string of the molecule is CCCn1ccnc(NCCCCOC(C)C)c1=O. The van der Waals surface area contributed by atoms with Crippen LogP contribution in [0.3, 0.4) is 0 Å². The molecule has 0 unspecified atom stereocenters. The Bertz CT molecular complexity index is 415. The molecular formula is C14H25N3O2. The fraction of sp³-hybridized carbons (Fsp3) is 0.714. The zero-order valence-electron chi connectivity index (χ0n) is 12.2. The van der Waals surface area contributed by atoms with Crippen LogP contribution in [-0.4, -0.2) is 28.8 Å². The minimum Gasteiger partial charge on any atom is -0.379 e. The first-order chi connectivity index (χ1) is 9.15. The van der Waals surface area contributed by atoms with E-state index in [2.05, 4.69) is 17.2 Å². The average molecular weight is 267 g/mol. The summed E-state index contributed by atoms with van der Waals surface area (Å²) in [7, 11) is 0. The first kappa shape index (κ1) is 15.7. The van der Waals surface area contributed by atoms with E-state index < -0.39 is 0 Å². The molecule has 1 N–H and O–H groups in total. The van der Waals surface area contributed by atoms with Crippen LogP contribution in [0.2, 0.25) is 0 Å². The largest absolute Gasteiger partial charge is 0.379 e. The van der Waals surface area contributed by atoms with Crippen LogP contribution in [0.25, 0.3) is 0 Å². The van der Waals surface area contributed by atoms with Gasteiger partial charge >= 0.3 is 0 Å². The molecule has 1 aromatic rings. The minimum absolute atomic E-state index is 0.0391. The third-order valence-electron chi connectivity index (χ3n) is 2.69. The van der Waals surface area contributed by atoms with Crippen LogP contribution >= 0.6 is 0 Å². The highest BCUT2D eigenvalue weighted by atomic mass is 16.5. The van der Waals surface area contributed by atoms with Crippen LogP contribution in [0.4, 0.5) is 5.82 Å². The van der Waals surface area contributed by atoms with Crippen molar-refractivity contribution in [1.82, 2.24) is 9.55 Å². The summed E-state index contributed by atoms with van der Waals surface area (Å²) >= 11 is 0. The molecule has 0 aliphatic carbocycles. The molecule has 0 spiro atoms. The predicted molar refractivity (Wildman–Crippen MR) is 77.6 cm³/mol. The van der Waals surface area contributed by atoms with Crippen molar-refractivity contribution in [3.05, 3.63) is 22.7 Å². The summed E-state index contributed by atoms with van der Waals surface area (Å²) in [5.41, 5.74) is -0.0391. The lowest BCUT2D eigenvalue weighted by Gasteiger charge is -2.09. The van der Waals surface area contributed by atoms with E-state index in [1.54, 1.807) is 17.0 Å². The van der Waals surface area contributed by atoms with Crippen molar-refractivity contribution in [3.63, 3.8) is 0 Å². The van der Waals surface area contributed by atoms with Gasteiger partial charge in [0.05, 0.1) is 6.10 Å². The van der Waals surface area contributed by atoms with Gasteiger partial charge in [-0.05, 0) is 33.1 Å². The minimum atomic E-state index is -0.0391. The highest BCUT2D eigenvalue weighted by Crippen LogP contribution is 1.98. The smallest absolute Gasteiger partial charge is 0.293 e. The number of aromatic nitrogens is 2. The van der Waals surface area contributed by atoms with Gasteiger partial charge in [-0.15, -0.1) is 0 Å². The highest BCUT2D eigenvalue weighted by molar-refractivity contribution is 5.30. The molecule has 19 heavy (non-hydrogen) atoms. The van der Waals surface area contributed by atoms with E-state index in [1.807, 2.05) is 13.8 Å². The van der Waals surface area contributed by atoms with Crippen LogP contribution in [0, 0.1) is 0 Å². The zero-order valence-corrected chi connectivity index (χ0v) is 12.2. The van der Waals surface area contributed by atoms with E-state index in [0.29, 0.717) is 5.82 Å². The van der Waals surface area contributed by atoms with Gasteiger partial charge in [0.25, 0.3) is 5.56 Å². The van der Waals surface area contributed by atoms with Crippen molar-refractivity contribution >= 4 is 5.82 Å². The van der Waals surface area contributed by atoms with Crippen LogP contribution in [0.1, 0.15) is 40.0 Å². The number of unbranched alkanes of at least 4 members (excludes halogenated alkanes) is 1. The van der Waals surface area contributed by atoms with Gasteiger partial charge in [-0.3, -0.25) is 4.79 Å². The predicted octanol–water partition coefficient (Wildman–Crippen LogP) is 2.27. The number of ether oxygens (including phenoxy) is 1. The van der Waals surface area contributed by atoms with Crippen molar-refractivity contribution in [2.24, 2.45) is 0 Å². The fourth-order valence-corrected chi connectivity index (χ4v) is 1.74. The Hall–Kier alpha value is -1.36. The number of hydrogen-bond donors (Lipinski definition) is 1. The third-order valence-corrected chi connectivity index (χ3v) is 2.69. The van der Waals surface area contributed by atoms with Gasteiger partial charge in [-0.1, -0.05) is 6.92 Å². The highest BCUT2D eigenvalue weighted by Gasteiger charge is 2.03. The number of hydrogen-bond acceptors (Lipinski definition) is 4. The molecule has 0 atom stereocenters. The number of aryl methyl sites for hydroxylation is 1. The molecule has 0 bridgehead atoms. The Morgan fingerprint density at radius 2 is 2.21 bits per heavy atom. The van der Waals surface area contributed by atoms with Gasteiger partial charge in [-0.2, -0.15) is 0 Å². The van der Waals surface area contributed by atoms with Crippen LogP contribution in [0.5, 0.6) is 0 Å². The summed E-state index contributed by atoms with van der Waals surface area (Å²) in [5.74, 6) is 0.445. The molecule has 108 valence electrons. The molecule has 1 aromatic heterocycles. The lowest BCUT2D eigenvalue weighted by Crippen LogP contribution is -2.24. The summed E-state index contributed by atoms with van der Waals surface area (Å²) < 4.78 is 7.15. The van der Waals surface area contributed by atoms with Crippen molar-refractivity contribution in [3.8, 4) is 0 Å². The average Bonchev–Trinajstić information content (AvgIpc) is 2.37. The Morgan fingerprint density at radius 3 is 2.89 bits per heavy atom. The van der Waals surface area contributed by atoms with Crippen molar-refractivity contribution < 1.29 is 4.74 Å². The summed E-state index contributed by atoms with van der Waals surface area (Å²) in [5, 5.41) is 3.10. The molecule has 0 saturated heterocycles. The molecule has 1 rings (SSSR count). The van der Waals surface area contributed by atoms with E-state index in [0.717, 1.165) is 39.0 Å². The molecular weight excluding hydrogens is 242 g/mol. The Labute approximate surface area is 115 Å².